The molecule has 1 fully saturated rings. The van der Waals surface area contributed by atoms with Gasteiger partial charge in [0.1, 0.15) is 0 Å². The smallest absolute Gasteiger partial charge is 0.0612 e. The van der Waals surface area contributed by atoms with E-state index < -0.39 is 0 Å². The van der Waals surface area contributed by atoms with Gasteiger partial charge < -0.3 is 10.2 Å². The first-order chi connectivity index (χ1) is 8.31. The van der Waals surface area contributed by atoms with Gasteiger partial charge in [0.05, 0.1) is 6.10 Å². The van der Waals surface area contributed by atoms with Crippen molar-refractivity contribution in [3.8, 4) is 0 Å². The standard InChI is InChI=1S/C15H22O2/c16-11-13-8-4-5-9-14(13)15(17)10-12-6-2-1-3-7-12/h1-3,6-7,13-17H,4-5,8-11H2/t13-,14-,15+/m1/s1. The Labute approximate surface area is 103 Å². The van der Waals surface area contributed by atoms with Crippen LogP contribution in [0.3, 0.4) is 0 Å². The highest BCUT2D eigenvalue weighted by Crippen LogP contribution is 2.33. The molecular formula is C15H22O2. The van der Waals surface area contributed by atoms with Crippen LogP contribution in [0.25, 0.3) is 0 Å². The molecule has 0 radical (unpaired) electrons. The minimum Gasteiger partial charge on any atom is -0.396 e. The molecule has 2 rings (SSSR count). The first kappa shape index (κ1) is 12.6. The second kappa shape index (κ2) is 6.18. The van der Waals surface area contributed by atoms with E-state index >= 15 is 0 Å². The number of hydrogen-bond acceptors (Lipinski definition) is 2. The SMILES string of the molecule is OC[C@H]1CCCC[C@H]1[C@@H](O)Cc1ccccc1. The summed E-state index contributed by atoms with van der Waals surface area (Å²) in [5.74, 6) is 0.566. The highest BCUT2D eigenvalue weighted by atomic mass is 16.3. The van der Waals surface area contributed by atoms with E-state index in [1.165, 1.54) is 18.4 Å². The summed E-state index contributed by atoms with van der Waals surface area (Å²) in [6, 6.07) is 10.1. The van der Waals surface area contributed by atoms with E-state index in [0.717, 1.165) is 12.8 Å². The molecule has 3 atom stereocenters. The van der Waals surface area contributed by atoms with Crippen LogP contribution in [0, 0.1) is 11.8 Å². The molecule has 94 valence electrons. The van der Waals surface area contributed by atoms with Gasteiger partial charge in [-0.05, 0) is 36.7 Å². The molecule has 0 spiro atoms. The van der Waals surface area contributed by atoms with Crippen LogP contribution in [0.1, 0.15) is 31.2 Å². The molecule has 1 aromatic rings. The Kier molecular flexibility index (Phi) is 4.57. The van der Waals surface area contributed by atoms with Gasteiger partial charge in [-0.2, -0.15) is 0 Å². The minimum absolute atomic E-state index is 0.219. The molecule has 2 nitrogen and oxygen atoms in total. The number of hydrogen-bond donors (Lipinski definition) is 2. The van der Waals surface area contributed by atoms with Crippen molar-refractivity contribution < 1.29 is 10.2 Å². The molecule has 0 amide bonds. The van der Waals surface area contributed by atoms with Crippen molar-refractivity contribution in [1.29, 1.82) is 0 Å². The van der Waals surface area contributed by atoms with Crippen LogP contribution in [-0.4, -0.2) is 22.9 Å². The molecule has 1 aliphatic carbocycles. The zero-order valence-electron chi connectivity index (χ0n) is 10.3. The molecule has 1 aromatic carbocycles. The summed E-state index contributed by atoms with van der Waals surface area (Å²) in [5, 5.41) is 19.7. The number of benzene rings is 1. The van der Waals surface area contributed by atoms with Crippen LogP contribution in [0.2, 0.25) is 0 Å². The zero-order valence-corrected chi connectivity index (χ0v) is 10.3. The summed E-state index contributed by atoms with van der Waals surface area (Å²) in [5.41, 5.74) is 1.18. The molecule has 1 aliphatic rings. The predicted molar refractivity (Wildman–Crippen MR) is 68.7 cm³/mol. The first-order valence-electron chi connectivity index (χ1n) is 6.64. The normalized spacial score (nSPS) is 26.7. The van der Waals surface area contributed by atoms with Crippen molar-refractivity contribution in [2.45, 2.75) is 38.2 Å². The maximum absolute atomic E-state index is 10.3. The van der Waals surface area contributed by atoms with E-state index in [1.807, 2.05) is 18.2 Å². The van der Waals surface area contributed by atoms with Gasteiger partial charge in [-0.15, -0.1) is 0 Å². The van der Waals surface area contributed by atoms with Gasteiger partial charge in [-0.3, -0.25) is 0 Å². The maximum Gasteiger partial charge on any atom is 0.0612 e. The number of rotatable bonds is 4. The fourth-order valence-corrected chi connectivity index (χ4v) is 2.98. The Balaban J connectivity index is 1.96. The molecular weight excluding hydrogens is 212 g/mol. The van der Waals surface area contributed by atoms with Gasteiger partial charge in [0, 0.05) is 6.61 Å². The molecule has 0 aliphatic heterocycles. The molecule has 0 unspecified atom stereocenters. The van der Waals surface area contributed by atoms with Crippen molar-refractivity contribution in [1.82, 2.24) is 0 Å². The minimum atomic E-state index is -0.310. The third-order valence-electron chi connectivity index (χ3n) is 3.98. The van der Waals surface area contributed by atoms with E-state index in [0.29, 0.717) is 12.3 Å². The van der Waals surface area contributed by atoms with E-state index in [4.69, 9.17) is 0 Å². The summed E-state index contributed by atoms with van der Waals surface area (Å²) < 4.78 is 0. The second-order valence-corrected chi connectivity index (χ2v) is 5.15. The average Bonchev–Trinajstić information content (AvgIpc) is 2.40. The van der Waals surface area contributed by atoms with Crippen LogP contribution in [0.15, 0.2) is 30.3 Å². The lowest BCUT2D eigenvalue weighted by Gasteiger charge is -2.33. The Morgan fingerprint density at radius 1 is 1.12 bits per heavy atom. The van der Waals surface area contributed by atoms with Gasteiger partial charge in [0.25, 0.3) is 0 Å². The Morgan fingerprint density at radius 2 is 1.82 bits per heavy atom. The highest BCUT2D eigenvalue weighted by molar-refractivity contribution is 5.15. The van der Waals surface area contributed by atoms with Gasteiger partial charge in [0.15, 0.2) is 0 Å². The van der Waals surface area contributed by atoms with E-state index in [-0.39, 0.29) is 18.6 Å². The summed E-state index contributed by atoms with van der Waals surface area (Å²) in [4.78, 5) is 0. The first-order valence-corrected chi connectivity index (χ1v) is 6.64. The van der Waals surface area contributed by atoms with Crippen LogP contribution < -0.4 is 0 Å². The topological polar surface area (TPSA) is 40.5 Å². The van der Waals surface area contributed by atoms with E-state index in [1.54, 1.807) is 0 Å². The van der Waals surface area contributed by atoms with Crippen molar-refractivity contribution >= 4 is 0 Å². The van der Waals surface area contributed by atoms with Crippen molar-refractivity contribution in [2.24, 2.45) is 11.8 Å². The summed E-state index contributed by atoms with van der Waals surface area (Å²) in [6.45, 7) is 0.219. The second-order valence-electron chi connectivity index (χ2n) is 5.15. The summed E-state index contributed by atoms with van der Waals surface area (Å²) >= 11 is 0. The molecule has 2 N–H and O–H groups in total. The largest absolute Gasteiger partial charge is 0.396 e. The molecule has 0 saturated heterocycles. The maximum atomic E-state index is 10.3. The highest BCUT2D eigenvalue weighted by Gasteiger charge is 2.30. The predicted octanol–water partition coefficient (Wildman–Crippen LogP) is 2.39. The number of aliphatic hydroxyl groups excluding tert-OH is 2. The lowest BCUT2D eigenvalue weighted by molar-refractivity contribution is 0.0242. The van der Waals surface area contributed by atoms with Crippen molar-refractivity contribution in [3.63, 3.8) is 0 Å². The van der Waals surface area contributed by atoms with Gasteiger partial charge in [-0.25, -0.2) is 0 Å². The summed E-state index contributed by atoms with van der Waals surface area (Å²) in [6.07, 6.45) is 4.90. The molecule has 1 saturated carbocycles. The van der Waals surface area contributed by atoms with Crippen LogP contribution in [-0.2, 0) is 6.42 Å². The van der Waals surface area contributed by atoms with E-state index in [9.17, 15) is 10.2 Å². The fourth-order valence-electron chi connectivity index (χ4n) is 2.98. The molecule has 0 aromatic heterocycles. The Hall–Kier alpha value is -0.860. The summed E-state index contributed by atoms with van der Waals surface area (Å²) in [7, 11) is 0. The van der Waals surface area contributed by atoms with Crippen LogP contribution in [0.4, 0.5) is 0 Å². The van der Waals surface area contributed by atoms with Crippen LogP contribution in [0.5, 0.6) is 0 Å². The zero-order chi connectivity index (χ0) is 12.1. The lowest BCUT2D eigenvalue weighted by atomic mass is 9.75. The molecule has 0 bridgehead atoms. The molecule has 0 heterocycles. The Morgan fingerprint density at radius 3 is 2.53 bits per heavy atom. The molecule has 2 heteroatoms. The third-order valence-corrected chi connectivity index (χ3v) is 3.98. The number of aliphatic hydroxyl groups is 2. The monoisotopic (exact) mass is 234 g/mol. The Bertz CT molecular complexity index is 323. The van der Waals surface area contributed by atoms with Crippen molar-refractivity contribution in [2.75, 3.05) is 6.61 Å². The van der Waals surface area contributed by atoms with Gasteiger partial charge >= 0.3 is 0 Å². The van der Waals surface area contributed by atoms with E-state index in [2.05, 4.69) is 12.1 Å². The third kappa shape index (κ3) is 3.30. The average molecular weight is 234 g/mol. The van der Waals surface area contributed by atoms with Crippen LogP contribution >= 0.6 is 0 Å². The quantitative estimate of drug-likeness (QED) is 0.839. The molecule has 17 heavy (non-hydrogen) atoms. The van der Waals surface area contributed by atoms with Gasteiger partial charge in [0.2, 0.25) is 0 Å². The van der Waals surface area contributed by atoms with Gasteiger partial charge in [-0.1, -0.05) is 43.2 Å². The van der Waals surface area contributed by atoms with Crippen molar-refractivity contribution in [3.05, 3.63) is 35.9 Å². The lowest BCUT2D eigenvalue weighted by Crippen LogP contribution is -2.34. The fraction of sp³-hybridized carbons (Fsp3) is 0.600.